The highest BCUT2D eigenvalue weighted by Gasteiger charge is 2.29. The summed E-state index contributed by atoms with van der Waals surface area (Å²) in [5.74, 6) is 0.269. The normalized spacial score (nSPS) is 15.9. The molecule has 1 aliphatic heterocycles. The average Bonchev–Trinajstić information content (AvgIpc) is 3.01. The van der Waals surface area contributed by atoms with Gasteiger partial charge in [0.05, 0.1) is 17.5 Å². The predicted octanol–water partition coefficient (Wildman–Crippen LogP) is 1.65. The van der Waals surface area contributed by atoms with Crippen LogP contribution in [-0.4, -0.2) is 50.6 Å². The zero-order valence-electron chi connectivity index (χ0n) is 15.7. The van der Waals surface area contributed by atoms with E-state index in [1.165, 1.54) is 21.0 Å². The standard InChI is InChI=1S/C19H21N3O5S/c1-20-17-8-7-16(13-18(17)27-19(20)23)28(24,25)22-11-9-21(10-12-22)14-3-5-15(26-2)6-4-14/h3-8,13H,9-12H2,1-2H3. The first-order valence-corrected chi connectivity index (χ1v) is 10.3. The van der Waals surface area contributed by atoms with Gasteiger partial charge < -0.3 is 14.1 Å². The Bertz CT molecular complexity index is 1160. The van der Waals surface area contributed by atoms with Crippen LogP contribution in [0.2, 0.25) is 0 Å². The van der Waals surface area contributed by atoms with E-state index < -0.39 is 15.8 Å². The number of methoxy groups -OCH3 is 1. The number of oxazole rings is 1. The molecule has 9 heteroatoms. The molecule has 1 aliphatic rings. The molecule has 8 nitrogen and oxygen atoms in total. The van der Waals surface area contributed by atoms with Crippen molar-refractivity contribution in [3.8, 4) is 5.75 Å². The number of ether oxygens (including phenoxy) is 1. The molecule has 0 atom stereocenters. The minimum atomic E-state index is -3.66. The first kappa shape index (κ1) is 18.6. The van der Waals surface area contributed by atoms with E-state index in [9.17, 15) is 13.2 Å². The molecular formula is C19H21N3O5S. The van der Waals surface area contributed by atoms with Crippen molar-refractivity contribution in [3.05, 3.63) is 53.0 Å². The summed E-state index contributed by atoms with van der Waals surface area (Å²) in [6.07, 6.45) is 0. The summed E-state index contributed by atoms with van der Waals surface area (Å²) in [7, 11) is -0.452. The average molecular weight is 403 g/mol. The van der Waals surface area contributed by atoms with Crippen molar-refractivity contribution >= 4 is 26.8 Å². The highest BCUT2D eigenvalue weighted by molar-refractivity contribution is 7.89. The Morgan fingerprint density at radius 2 is 1.68 bits per heavy atom. The number of hydrogen-bond acceptors (Lipinski definition) is 6. The van der Waals surface area contributed by atoms with E-state index in [4.69, 9.17) is 9.15 Å². The topological polar surface area (TPSA) is 85.0 Å². The second kappa shape index (κ2) is 6.99. The molecule has 1 saturated heterocycles. The smallest absolute Gasteiger partial charge is 0.419 e. The predicted molar refractivity (Wildman–Crippen MR) is 105 cm³/mol. The number of aryl methyl sites for hydroxylation is 1. The minimum absolute atomic E-state index is 0.132. The molecule has 2 aromatic carbocycles. The Hall–Kier alpha value is -2.78. The summed E-state index contributed by atoms with van der Waals surface area (Å²) in [6.45, 7) is 1.94. The molecule has 148 valence electrons. The molecule has 0 aliphatic carbocycles. The van der Waals surface area contributed by atoms with Crippen molar-refractivity contribution in [1.82, 2.24) is 8.87 Å². The quantitative estimate of drug-likeness (QED) is 0.659. The van der Waals surface area contributed by atoms with Crippen molar-refractivity contribution in [1.29, 1.82) is 0 Å². The summed E-state index contributed by atoms with van der Waals surface area (Å²) >= 11 is 0. The third kappa shape index (κ3) is 3.16. The minimum Gasteiger partial charge on any atom is -0.497 e. The summed E-state index contributed by atoms with van der Waals surface area (Å²) in [6, 6.07) is 12.2. The molecule has 1 fully saturated rings. The fourth-order valence-electron chi connectivity index (χ4n) is 3.40. The lowest BCUT2D eigenvalue weighted by Crippen LogP contribution is -2.48. The zero-order chi connectivity index (χ0) is 19.9. The van der Waals surface area contributed by atoms with Gasteiger partial charge in [-0.15, -0.1) is 0 Å². The first-order valence-electron chi connectivity index (χ1n) is 8.89. The van der Waals surface area contributed by atoms with Gasteiger partial charge in [0, 0.05) is 45.0 Å². The van der Waals surface area contributed by atoms with E-state index in [1.54, 1.807) is 20.2 Å². The van der Waals surface area contributed by atoms with Gasteiger partial charge in [0.15, 0.2) is 5.58 Å². The highest BCUT2D eigenvalue weighted by atomic mass is 32.2. The van der Waals surface area contributed by atoms with Gasteiger partial charge in [0.2, 0.25) is 10.0 Å². The van der Waals surface area contributed by atoms with Gasteiger partial charge in [-0.1, -0.05) is 0 Å². The first-order chi connectivity index (χ1) is 13.4. The summed E-state index contributed by atoms with van der Waals surface area (Å²) in [4.78, 5) is 13.9. The van der Waals surface area contributed by atoms with Crippen molar-refractivity contribution < 1.29 is 17.6 Å². The molecule has 0 N–H and O–H groups in total. The summed E-state index contributed by atoms with van der Waals surface area (Å²) < 4.78 is 39.1. The van der Waals surface area contributed by atoms with Gasteiger partial charge in [-0.3, -0.25) is 4.57 Å². The van der Waals surface area contributed by atoms with Gasteiger partial charge in [-0.05, 0) is 36.4 Å². The van der Waals surface area contributed by atoms with Crippen molar-refractivity contribution in [2.75, 3.05) is 38.2 Å². The van der Waals surface area contributed by atoms with Crippen molar-refractivity contribution in [3.63, 3.8) is 0 Å². The molecule has 4 rings (SSSR count). The molecular weight excluding hydrogens is 382 g/mol. The molecule has 0 bridgehead atoms. The van der Waals surface area contributed by atoms with Crippen LogP contribution in [0.5, 0.6) is 5.75 Å². The molecule has 0 amide bonds. The number of aromatic nitrogens is 1. The monoisotopic (exact) mass is 403 g/mol. The summed E-state index contributed by atoms with van der Waals surface area (Å²) in [5.41, 5.74) is 1.86. The highest BCUT2D eigenvalue weighted by Crippen LogP contribution is 2.25. The number of rotatable bonds is 4. The molecule has 2 heterocycles. The van der Waals surface area contributed by atoms with E-state index in [0.717, 1.165) is 11.4 Å². The van der Waals surface area contributed by atoms with Gasteiger partial charge in [0.1, 0.15) is 5.75 Å². The molecule has 28 heavy (non-hydrogen) atoms. The fourth-order valence-corrected chi connectivity index (χ4v) is 4.84. The molecule has 0 spiro atoms. The number of nitrogens with zero attached hydrogens (tertiary/aromatic N) is 3. The van der Waals surface area contributed by atoms with E-state index >= 15 is 0 Å². The molecule has 0 radical (unpaired) electrons. The molecule has 0 saturated carbocycles. The number of piperazine rings is 1. The van der Waals surface area contributed by atoms with Crippen molar-refractivity contribution in [2.45, 2.75) is 4.90 Å². The largest absolute Gasteiger partial charge is 0.497 e. The maximum absolute atomic E-state index is 13.0. The Labute approximate surface area is 162 Å². The van der Waals surface area contributed by atoms with Gasteiger partial charge in [-0.25, -0.2) is 13.2 Å². The number of sulfonamides is 1. The van der Waals surface area contributed by atoms with Crippen LogP contribution in [0.4, 0.5) is 5.69 Å². The lowest BCUT2D eigenvalue weighted by molar-refractivity contribution is 0.384. The maximum atomic E-state index is 13.0. The summed E-state index contributed by atoms with van der Waals surface area (Å²) in [5, 5.41) is 0. The zero-order valence-corrected chi connectivity index (χ0v) is 16.5. The lowest BCUT2D eigenvalue weighted by Gasteiger charge is -2.35. The second-order valence-corrected chi connectivity index (χ2v) is 8.58. The number of anilines is 1. The van der Waals surface area contributed by atoms with Crippen LogP contribution in [0.1, 0.15) is 0 Å². The molecule has 0 unspecified atom stereocenters. The van der Waals surface area contributed by atoms with E-state index in [2.05, 4.69) is 4.90 Å². The van der Waals surface area contributed by atoms with Crippen LogP contribution in [-0.2, 0) is 17.1 Å². The van der Waals surface area contributed by atoms with E-state index in [-0.39, 0.29) is 10.5 Å². The Morgan fingerprint density at radius 3 is 2.32 bits per heavy atom. The Morgan fingerprint density at radius 1 is 1.00 bits per heavy atom. The SMILES string of the molecule is COc1ccc(N2CCN(S(=O)(=O)c3ccc4c(c3)oc(=O)n4C)CC2)cc1. The maximum Gasteiger partial charge on any atom is 0.419 e. The third-order valence-electron chi connectivity index (χ3n) is 5.08. The van der Waals surface area contributed by atoms with Crippen LogP contribution in [0.15, 0.2) is 56.6 Å². The second-order valence-electron chi connectivity index (χ2n) is 6.65. The lowest BCUT2D eigenvalue weighted by atomic mass is 10.2. The van der Waals surface area contributed by atoms with Crippen LogP contribution < -0.4 is 15.4 Å². The molecule has 1 aromatic heterocycles. The molecule has 3 aromatic rings. The Balaban J connectivity index is 1.52. The van der Waals surface area contributed by atoms with Crippen LogP contribution >= 0.6 is 0 Å². The Kier molecular flexibility index (Phi) is 4.64. The van der Waals surface area contributed by atoms with Crippen LogP contribution in [0, 0.1) is 0 Å². The number of fused-ring (bicyclic) bond motifs is 1. The van der Waals surface area contributed by atoms with Gasteiger partial charge in [0.25, 0.3) is 0 Å². The van der Waals surface area contributed by atoms with Gasteiger partial charge in [-0.2, -0.15) is 4.31 Å². The number of benzene rings is 2. The van der Waals surface area contributed by atoms with E-state index in [1.807, 2.05) is 24.3 Å². The van der Waals surface area contributed by atoms with Crippen LogP contribution in [0.3, 0.4) is 0 Å². The third-order valence-corrected chi connectivity index (χ3v) is 6.97. The van der Waals surface area contributed by atoms with Crippen molar-refractivity contribution in [2.24, 2.45) is 7.05 Å². The van der Waals surface area contributed by atoms with Gasteiger partial charge >= 0.3 is 5.76 Å². The fraction of sp³-hybridized carbons (Fsp3) is 0.316. The van der Waals surface area contributed by atoms with E-state index in [0.29, 0.717) is 31.7 Å². The van der Waals surface area contributed by atoms with Crippen LogP contribution in [0.25, 0.3) is 11.1 Å². The number of hydrogen-bond donors (Lipinski definition) is 0.